The van der Waals surface area contributed by atoms with Crippen molar-refractivity contribution < 1.29 is 32.7 Å². The predicted octanol–water partition coefficient (Wildman–Crippen LogP) is 1.28. The summed E-state index contributed by atoms with van der Waals surface area (Å²) in [5.74, 6) is -2.19. The van der Waals surface area contributed by atoms with Gasteiger partial charge in [-0.1, -0.05) is 12.1 Å². The van der Waals surface area contributed by atoms with Crippen LogP contribution in [0.25, 0.3) is 0 Å². The van der Waals surface area contributed by atoms with E-state index in [4.69, 9.17) is 5.11 Å². The van der Waals surface area contributed by atoms with Crippen molar-refractivity contribution in [1.29, 1.82) is 0 Å². The van der Waals surface area contributed by atoms with Crippen LogP contribution in [0, 0.1) is 0 Å². The number of benzene rings is 1. The number of carboxylic acids is 1. The van der Waals surface area contributed by atoms with Crippen LogP contribution >= 0.6 is 0 Å². The molecule has 0 aliphatic carbocycles. The number of carboxylic acid groups (broad SMARTS) is 1. The topological polar surface area (TPSA) is 113 Å². The van der Waals surface area contributed by atoms with Crippen LogP contribution < -0.4 is 10.6 Å². The standard InChI is InChI=1S/C16H15F3N4O4/c17-16(18,19)12-5-6-23(22-12)9-14(25)21-11-3-1-10(2-4-11)7-13(24)20-8-15(26)27/h1-6H,7-9H2,(H,20,24)(H,21,25)(H,26,27). The summed E-state index contributed by atoms with van der Waals surface area (Å²) in [6, 6.07) is 6.93. The van der Waals surface area contributed by atoms with Gasteiger partial charge in [0.1, 0.15) is 13.1 Å². The molecule has 1 aromatic heterocycles. The molecule has 1 heterocycles. The van der Waals surface area contributed by atoms with Crippen LogP contribution in [0.15, 0.2) is 36.5 Å². The van der Waals surface area contributed by atoms with Crippen molar-refractivity contribution in [3.05, 3.63) is 47.8 Å². The van der Waals surface area contributed by atoms with E-state index in [0.717, 1.165) is 16.9 Å². The van der Waals surface area contributed by atoms with E-state index in [1.165, 1.54) is 12.1 Å². The van der Waals surface area contributed by atoms with Crippen LogP contribution in [-0.4, -0.2) is 39.2 Å². The van der Waals surface area contributed by atoms with Crippen molar-refractivity contribution in [2.75, 3.05) is 11.9 Å². The molecule has 2 aromatic rings. The molecule has 0 atom stereocenters. The van der Waals surface area contributed by atoms with Crippen molar-refractivity contribution in [3.8, 4) is 0 Å². The van der Waals surface area contributed by atoms with E-state index >= 15 is 0 Å². The zero-order chi connectivity index (χ0) is 20.0. The van der Waals surface area contributed by atoms with Crippen molar-refractivity contribution in [2.45, 2.75) is 19.1 Å². The SMILES string of the molecule is O=C(O)CNC(=O)Cc1ccc(NC(=O)Cn2ccc(C(F)(F)F)n2)cc1. The maximum atomic E-state index is 12.5. The Morgan fingerprint density at radius 3 is 2.30 bits per heavy atom. The number of aliphatic carboxylic acids is 1. The number of nitrogens with zero attached hydrogens (tertiary/aromatic N) is 2. The summed E-state index contributed by atoms with van der Waals surface area (Å²) in [5.41, 5.74) is -0.100. The lowest BCUT2D eigenvalue weighted by Crippen LogP contribution is -2.30. The Hall–Kier alpha value is -3.37. The molecule has 27 heavy (non-hydrogen) atoms. The van der Waals surface area contributed by atoms with Gasteiger partial charge in [0.25, 0.3) is 0 Å². The Kier molecular flexibility index (Phi) is 6.16. The lowest BCUT2D eigenvalue weighted by atomic mass is 10.1. The molecule has 0 aliphatic heterocycles. The number of carbonyl (C=O) groups is 3. The monoisotopic (exact) mass is 384 g/mol. The van der Waals surface area contributed by atoms with E-state index < -0.39 is 42.7 Å². The number of anilines is 1. The highest BCUT2D eigenvalue weighted by Gasteiger charge is 2.33. The van der Waals surface area contributed by atoms with Gasteiger partial charge in [-0.15, -0.1) is 0 Å². The number of hydrogen-bond acceptors (Lipinski definition) is 4. The average molecular weight is 384 g/mol. The summed E-state index contributed by atoms with van der Waals surface area (Å²) < 4.78 is 38.3. The van der Waals surface area contributed by atoms with Crippen molar-refractivity contribution in [3.63, 3.8) is 0 Å². The minimum atomic E-state index is -4.58. The lowest BCUT2D eigenvalue weighted by Gasteiger charge is -2.07. The van der Waals surface area contributed by atoms with Crippen molar-refractivity contribution in [1.82, 2.24) is 15.1 Å². The van der Waals surface area contributed by atoms with Gasteiger partial charge in [-0.3, -0.25) is 19.1 Å². The van der Waals surface area contributed by atoms with Gasteiger partial charge in [-0.2, -0.15) is 18.3 Å². The molecule has 0 saturated carbocycles. The number of carbonyl (C=O) groups excluding carboxylic acids is 2. The molecule has 0 radical (unpaired) electrons. The van der Waals surface area contributed by atoms with Gasteiger partial charge in [-0.25, -0.2) is 0 Å². The smallest absolute Gasteiger partial charge is 0.435 e. The molecule has 8 nitrogen and oxygen atoms in total. The van der Waals surface area contributed by atoms with Gasteiger partial charge in [-0.05, 0) is 23.8 Å². The summed E-state index contributed by atoms with van der Waals surface area (Å²) in [6.45, 7) is -0.869. The number of aromatic nitrogens is 2. The van der Waals surface area contributed by atoms with Gasteiger partial charge in [0.05, 0.1) is 6.42 Å². The highest BCUT2D eigenvalue weighted by Crippen LogP contribution is 2.27. The number of amides is 2. The maximum absolute atomic E-state index is 12.5. The Bertz CT molecular complexity index is 831. The third-order valence-corrected chi connectivity index (χ3v) is 3.28. The number of alkyl halides is 3. The van der Waals surface area contributed by atoms with Crippen LogP contribution in [0.3, 0.4) is 0 Å². The van der Waals surface area contributed by atoms with Crippen molar-refractivity contribution >= 4 is 23.5 Å². The first-order valence-corrected chi connectivity index (χ1v) is 7.61. The summed E-state index contributed by atoms with van der Waals surface area (Å²) in [7, 11) is 0. The Balaban J connectivity index is 1.86. The summed E-state index contributed by atoms with van der Waals surface area (Å²) in [5, 5.41) is 16.5. The zero-order valence-electron chi connectivity index (χ0n) is 13.8. The van der Waals surface area contributed by atoms with Crippen LogP contribution in [0.5, 0.6) is 0 Å². The molecular formula is C16H15F3N4O4. The van der Waals surface area contributed by atoms with Crippen LogP contribution in [-0.2, 0) is 33.5 Å². The van der Waals surface area contributed by atoms with E-state index in [1.807, 2.05) is 0 Å². The minimum Gasteiger partial charge on any atom is -0.480 e. The van der Waals surface area contributed by atoms with Crippen LogP contribution in [0.4, 0.5) is 18.9 Å². The fourth-order valence-electron chi connectivity index (χ4n) is 2.08. The first-order chi connectivity index (χ1) is 12.6. The maximum Gasteiger partial charge on any atom is 0.435 e. The summed E-state index contributed by atoms with van der Waals surface area (Å²) >= 11 is 0. The minimum absolute atomic E-state index is 0.0327. The molecule has 3 N–H and O–H groups in total. The number of hydrogen-bond donors (Lipinski definition) is 3. The lowest BCUT2D eigenvalue weighted by molar-refractivity contribution is -0.141. The fraction of sp³-hybridized carbons (Fsp3) is 0.250. The molecule has 2 amide bonds. The average Bonchev–Trinajstić information content (AvgIpc) is 3.03. The number of nitrogens with one attached hydrogen (secondary N) is 2. The fourth-order valence-corrected chi connectivity index (χ4v) is 2.08. The van der Waals surface area contributed by atoms with E-state index in [0.29, 0.717) is 11.3 Å². The summed E-state index contributed by atoms with van der Waals surface area (Å²) in [4.78, 5) is 33.8. The number of halogens is 3. The normalized spacial score (nSPS) is 11.1. The Morgan fingerprint density at radius 1 is 1.07 bits per heavy atom. The van der Waals surface area contributed by atoms with Crippen LogP contribution in [0.1, 0.15) is 11.3 Å². The van der Waals surface area contributed by atoms with E-state index in [2.05, 4.69) is 15.7 Å². The molecule has 144 valence electrons. The molecular weight excluding hydrogens is 369 g/mol. The largest absolute Gasteiger partial charge is 0.480 e. The molecule has 0 saturated heterocycles. The van der Waals surface area contributed by atoms with Gasteiger partial charge in [0, 0.05) is 11.9 Å². The van der Waals surface area contributed by atoms with Gasteiger partial charge < -0.3 is 15.7 Å². The third-order valence-electron chi connectivity index (χ3n) is 3.28. The molecule has 0 unspecified atom stereocenters. The van der Waals surface area contributed by atoms with E-state index in [9.17, 15) is 27.6 Å². The predicted molar refractivity (Wildman–Crippen MR) is 86.7 cm³/mol. The summed E-state index contributed by atoms with van der Waals surface area (Å²) in [6.07, 6.45) is -3.55. The van der Waals surface area contributed by atoms with Gasteiger partial charge in [0.15, 0.2) is 5.69 Å². The molecule has 0 bridgehead atoms. The second-order valence-corrected chi connectivity index (χ2v) is 5.49. The molecule has 1 aromatic carbocycles. The van der Waals surface area contributed by atoms with Crippen molar-refractivity contribution in [2.24, 2.45) is 0 Å². The second kappa shape index (κ2) is 8.34. The Morgan fingerprint density at radius 2 is 1.74 bits per heavy atom. The van der Waals surface area contributed by atoms with Gasteiger partial charge in [0.2, 0.25) is 11.8 Å². The van der Waals surface area contributed by atoms with Crippen LogP contribution in [0.2, 0.25) is 0 Å². The number of rotatable bonds is 7. The molecule has 0 fully saturated rings. The highest BCUT2D eigenvalue weighted by molar-refractivity contribution is 5.90. The van der Waals surface area contributed by atoms with E-state index in [-0.39, 0.29) is 6.42 Å². The molecule has 0 spiro atoms. The molecule has 2 rings (SSSR count). The third kappa shape index (κ3) is 6.45. The quantitative estimate of drug-likeness (QED) is 0.666. The van der Waals surface area contributed by atoms with Gasteiger partial charge >= 0.3 is 12.1 Å². The van der Waals surface area contributed by atoms with E-state index in [1.54, 1.807) is 12.1 Å². The first-order valence-electron chi connectivity index (χ1n) is 7.61. The highest BCUT2D eigenvalue weighted by atomic mass is 19.4. The molecule has 11 heteroatoms. The second-order valence-electron chi connectivity index (χ2n) is 5.49. The Labute approximate surface area is 151 Å². The first kappa shape index (κ1) is 19.9. The molecule has 0 aliphatic rings. The zero-order valence-corrected chi connectivity index (χ0v) is 13.8.